The molecule has 0 amide bonds. The Kier molecular flexibility index (Phi) is 4.82. The Hall–Kier alpha value is -2.85. The Morgan fingerprint density at radius 3 is 2.26 bits per heavy atom. The molecule has 0 spiro atoms. The van der Waals surface area contributed by atoms with Crippen molar-refractivity contribution >= 4 is 23.0 Å². The Balaban J connectivity index is 1.72. The zero-order chi connectivity index (χ0) is 18.8. The first-order chi connectivity index (χ1) is 13.1. The molecule has 0 aliphatic carbocycles. The number of rotatable bonds is 4. The number of hydrogen-bond acceptors (Lipinski definition) is 3. The van der Waals surface area contributed by atoms with E-state index >= 15 is 0 Å². The zero-order valence-corrected chi connectivity index (χ0v) is 15.5. The molecule has 3 aromatic rings. The lowest BCUT2D eigenvalue weighted by molar-refractivity contribution is 0.414. The van der Waals surface area contributed by atoms with Gasteiger partial charge in [-0.1, -0.05) is 35.9 Å². The average molecular weight is 381 g/mol. The summed E-state index contributed by atoms with van der Waals surface area (Å²) < 4.78 is 18.6. The molecule has 0 fully saturated rings. The van der Waals surface area contributed by atoms with Gasteiger partial charge in [0.2, 0.25) is 0 Å². The third-order valence-electron chi connectivity index (χ3n) is 4.68. The van der Waals surface area contributed by atoms with E-state index in [1.165, 1.54) is 12.1 Å². The Labute approximate surface area is 162 Å². The predicted molar refractivity (Wildman–Crippen MR) is 107 cm³/mol. The molecule has 5 heteroatoms. The van der Waals surface area contributed by atoms with Gasteiger partial charge in [-0.05, 0) is 59.7 Å². The van der Waals surface area contributed by atoms with E-state index in [2.05, 4.69) is 12.1 Å². The highest BCUT2D eigenvalue weighted by molar-refractivity contribution is 6.30. The van der Waals surface area contributed by atoms with Crippen LogP contribution in [0.2, 0.25) is 5.02 Å². The number of anilines is 1. The summed E-state index contributed by atoms with van der Waals surface area (Å²) in [5.41, 5.74) is 3.93. The van der Waals surface area contributed by atoms with Crippen molar-refractivity contribution in [3.63, 3.8) is 0 Å². The van der Waals surface area contributed by atoms with E-state index in [4.69, 9.17) is 21.4 Å². The summed E-state index contributed by atoms with van der Waals surface area (Å²) in [5, 5.41) is 7.52. The summed E-state index contributed by atoms with van der Waals surface area (Å²) in [5.74, 6) is 0.563. The van der Waals surface area contributed by atoms with E-state index in [0.717, 1.165) is 34.7 Å². The van der Waals surface area contributed by atoms with Crippen molar-refractivity contribution in [1.29, 1.82) is 0 Å². The third kappa shape index (κ3) is 3.67. The minimum Gasteiger partial charge on any atom is -0.497 e. The normalized spacial score (nSPS) is 16.3. The molecule has 1 aliphatic rings. The van der Waals surface area contributed by atoms with Gasteiger partial charge in [-0.15, -0.1) is 0 Å². The molecule has 4 rings (SSSR count). The van der Waals surface area contributed by atoms with Gasteiger partial charge in [0.25, 0.3) is 0 Å². The van der Waals surface area contributed by atoms with Gasteiger partial charge in [-0.25, -0.2) is 4.39 Å². The molecule has 0 saturated heterocycles. The molecule has 0 unspecified atom stereocenters. The van der Waals surface area contributed by atoms with E-state index in [0.29, 0.717) is 5.02 Å². The molecule has 0 aromatic heterocycles. The van der Waals surface area contributed by atoms with Gasteiger partial charge < -0.3 is 4.74 Å². The van der Waals surface area contributed by atoms with Crippen LogP contribution in [0.5, 0.6) is 5.75 Å². The molecular weight excluding hydrogens is 363 g/mol. The molecular formula is C22H18ClFN2O. The molecule has 0 bridgehead atoms. The van der Waals surface area contributed by atoms with E-state index in [-0.39, 0.29) is 11.9 Å². The summed E-state index contributed by atoms with van der Waals surface area (Å²) in [6.07, 6.45) is 0.723. The molecule has 3 aromatic carbocycles. The summed E-state index contributed by atoms with van der Waals surface area (Å²) in [6, 6.07) is 22.1. The van der Waals surface area contributed by atoms with Gasteiger partial charge in [0.05, 0.1) is 24.6 Å². The van der Waals surface area contributed by atoms with Gasteiger partial charge in [0.15, 0.2) is 0 Å². The van der Waals surface area contributed by atoms with Crippen LogP contribution in [0, 0.1) is 5.82 Å². The Morgan fingerprint density at radius 2 is 1.63 bits per heavy atom. The summed E-state index contributed by atoms with van der Waals surface area (Å²) in [7, 11) is 1.65. The fourth-order valence-electron chi connectivity index (χ4n) is 3.24. The first-order valence-corrected chi connectivity index (χ1v) is 9.04. The maximum Gasteiger partial charge on any atom is 0.123 e. The second kappa shape index (κ2) is 7.41. The van der Waals surface area contributed by atoms with Gasteiger partial charge in [-0.3, -0.25) is 5.01 Å². The van der Waals surface area contributed by atoms with Crippen LogP contribution in [0.15, 0.2) is 77.9 Å². The molecule has 1 aliphatic heterocycles. The first kappa shape index (κ1) is 17.6. The van der Waals surface area contributed by atoms with Crippen LogP contribution in [0.25, 0.3) is 0 Å². The quantitative estimate of drug-likeness (QED) is 0.567. The van der Waals surface area contributed by atoms with Crippen molar-refractivity contribution in [2.24, 2.45) is 5.10 Å². The zero-order valence-electron chi connectivity index (χ0n) is 14.8. The van der Waals surface area contributed by atoms with Crippen LogP contribution in [0.1, 0.15) is 23.6 Å². The number of nitrogens with zero attached hydrogens (tertiary/aromatic N) is 2. The summed E-state index contributed by atoms with van der Waals surface area (Å²) in [4.78, 5) is 0. The van der Waals surface area contributed by atoms with Crippen molar-refractivity contribution < 1.29 is 9.13 Å². The number of halogens is 2. The van der Waals surface area contributed by atoms with Gasteiger partial charge >= 0.3 is 0 Å². The van der Waals surface area contributed by atoms with Crippen molar-refractivity contribution in [3.8, 4) is 5.75 Å². The number of ether oxygens (including phenoxy) is 1. The fraction of sp³-hybridized carbons (Fsp3) is 0.136. The molecule has 1 heterocycles. The van der Waals surface area contributed by atoms with Gasteiger partial charge in [0.1, 0.15) is 11.6 Å². The number of benzene rings is 3. The second-order valence-electron chi connectivity index (χ2n) is 6.37. The largest absolute Gasteiger partial charge is 0.497 e. The van der Waals surface area contributed by atoms with Crippen molar-refractivity contribution in [2.75, 3.05) is 12.1 Å². The smallest absolute Gasteiger partial charge is 0.123 e. The molecule has 136 valence electrons. The van der Waals surface area contributed by atoms with Gasteiger partial charge in [0, 0.05) is 11.4 Å². The van der Waals surface area contributed by atoms with Crippen LogP contribution in [0.4, 0.5) is 10.1 Å². The lowest BCUT2D eigenvalue weighted by Gasteiger charge is -2.24. The van der Waals surface area contributed by atoms with Crippen LogP contribution in [-0.4, -0.2) is 12.8 Å². The summed E-state index contributed by atoms with van der Waals surface area (Å²) >= 11 is 6.04. The highest BCUT2D eigenvalue weighted by Gasteiger charge is 2.30. The molecule has 27 heavy (non-hydrogen) atoms. The number of methoxy groups -OCH3 is 1. The topological polar surface area (TPSA) is 24.8 Å². The van der Waals surface area contributed by atoms with Crippen LogP contribution in [-0.2, 0) is 0 Å². The second-order valence-corrected chi connectivity index (χ2v) is 6.80. The highest BCUT2D eigenvalue weighted by atomic mass is 35.5. The standard InChI is InChI=1S/C22H18ClFN2O/c1-27-20-12-4-16(5-13-20)22-14-21(15-2-8-18(24)9-3-15)25-26(22)19-10-6-17(23)7-11-19/h2-13,22H,14H2,1H3/t22-/m1/s1. The average Bonchev–Trinajstić information content (AvgIpc) is 3.14. The van der Waals surface area contributed by atoms with Crippen LogP contribution >= 0.6 is 11.6 Å². The molecule has 0 N–H and O–H groups in total. The molecule has 0 radical (unpaired) electrons. The maximum absolute atomic E-state index is 13.3. The maximum atomic E-state index is 13.3. The van der Waals surface area contributed by atoms with Crippen molar-refractivity contribution in [2.45, 2.75) is 12.5 Å². The first-order valence-electron chi connectivity index (χ1n) is 8.66. The lowest BCUT2D eigenvalue weighted by atomic mass is 9.98. The summed E-state index contributed by atoms with van der Waals surface area (Å²) in [6.45, 7) is 0. The van der Waals surface area contributed by atoms with Crippen molar-refractivity contribution in [3.05, 3.63) is 94.8 Å². The highest BCUT2D eigenvalue weighted by Crippen LogP contribution is 2.37. The van der Waals surface area contributed by atoms with Crippen molar-refractivity contribution in [1.82, 2.24) is 0 Å². The van der Waals surface area contributed by atoms with E-state index < -0.39 is 0 Å². The molecule has 3 nitrogen and oxygen atoms in total. The SMILES string of the molecule is COc1ccc([C@H]2CC(c3ccc(F)cc3)=NN2c2ccc(Cl)cc2)cc1. The van der Waals surface area contributed by atoms with E-state index in [1.807, 2.05) is 41.4 Å². The van der Waals surface area contributed by atoms with Gasteiger partial charge in [-0.2, -0.15) is 5.10 Å². The Bertz CT molecular complexity index is 953. The van der Waals surface area contributed by atoms with E-state index in [1.54, 1.807) is 19.2 Å². The van der Waals surface area contributed by atoms with Crippen LogP contribution in [0.3, 0.4) is 0 Å². The molecule has 0 saturated carbocycles. The fourth-order valence-corrected chi connectivity index (χ4v) is 3.37. The minimum absolute atomic E-state index is 0.0390. The van der Waals surface area contributed by atoms with E-state index in [9.17, 15) is 4.39 Å². The van der Waals surface area contributed by atoms with Crippen LogP contribution < -0.4 is 9.75 Å². The Morgan fingerprint density at radius 1 is 0.963 bits per heavy atom. The number of hydrazone groups is 1. The minimum atomic E-state index is -0.251. The lowest BCUT2D eigenvalue weighted by Crippen LogP contribution is -2.18. The third-order valence-corrected chi connectivity index (χ3v) is 4.93. The monoisotopic (exact) mass is 380 g/mol. The number of hydrogen-bond donors (Lipinski definition) is 0. The molecule has 1 atom stereocenters. The predicted octanol–water partition coefficient (Wildman–Crippen LogP) is 5.84.